The van der Waals surface area contributed by atoms with Crippen LogP contribution in [0.4, 0.5) is 0 Å². The minimum absolute atomic E-state index is 0.311. The van der Waals surface area contributed by atoms with Gasteiger partial charge in [-0.2, -0.15) is 0 Å². The van der Waals surface area contributed by atoms with E-state index in [4.69, 9.17) is 4.74 Å². The Hall–Kier alpha value is -0.530. The van der Waals surface area contributed by atoms with Crippen LogP contribution in [-0.4, -0.2) is 15.0 Å². The van der Waals surface area contributed by atoms with Crippen molar-refractivity contribution in [1.29, 1.82) is 0 Å². The smallest absolute Gasteiger partial charge is 0.197 e. The standard InChI is InChI=1S/C12H10Br3N3O/c1-6(2)7-4-16-10(13)3-8(7)19-9-5-17-12(15)18-11(9)14/h3-6H,1-2H3. The van der Waals surface area contributed by atoms with Gasteiger partial charge in [-0.05, 0) is 53.7 Å². The molecule has 2 heterocycles. The number of ether oxygens (including phenoxy) is 1. The van der Waals surface area contributed by atoms with E-state index >= 15 is 0 Å². The maximum Gasteiger partial charge on any atom is 0.197 e. The second-order valence-electron chi connectivity index (χ2n) is 4.10. The average molecular weight is 452 g/mol. The highest BCUT2D eigenvalue weighted by Crippen LogP contribution is 2.34. The van der Waals surface area contributed by atoms with Crippen LogP contribution in [0.2, 0.25) is 0 Å². The van der Waals surface area contributed by atoms with Crippen molar-refractivity contribution in [3.63, 3.8) is 0 Å². The third kappa shape index (κ3) is 3.73. The molecule has 0 bridgehead atoms. The number of nitrogens with zero attached hydrogens (tertiary/aromatic N) is 3. The molecule has 0 aliphatic heterocycles. The third-order valence-corrected chi connectivity index (χ3v) is 3.77. The first-order valence-corrected chi connectivity index (χ1v) is 7.86. The zero-order valence-corrected chi connectivity index (χ0v) is 15.0. The van der Waals surface area contributed by atoms with Gasteiger partial charge in [-0.1, -0.05) is 13.8 Å². The number of rotatable bonds is 3. The number of aromatic nitrogens is 3. The van der Waals surface area contributed by atoms with Crippen LogP contribution in [0.25, 0.3) is 0 Å². The Morgan fingerprint density at radius 2 is 1.79 bits per heavy atom. The monoisotopic (exact) mass is 449 g/mol. The summed E-state index contributed by atoms with van der Waals surface area (Å²) in [6.45, 7) is 4.18. The van der Waals surface area contributed by atoms with Crippen LogP contribution in [-0.2, 0) is 0 Å². The van der Waals surface area contributed by atoms with Gasteiger partial charge in [0, 0.05) is 17.8 Å². The summed E-state index contributed by atoms with van der Waals surface area (Å²) in [5.74, 6) is 1.61. The van der Waals surface area contributed by atoms with E-state index in [1.807, 2.05) is 6.07 Å². The van der Waals surface area contributed by atoms with Crippen molar-refractivity contribution in [2.45, 2.75) is 19.8 Å². The first kappa shape index (κ1) is 14.9. The number of hydrogen-bond acceptors (Lipinski definition) is 4. The first-order chi connectivity index (χ1) is 8.97. The summed E-state index contributed by atoms with van der Waals surface area (Å²) < 4.78 is 7.70. The minimum atomic E-state index is 0.311. The van der Waals surface area contributed by atoms with Crippen molar-refractivity contribution in [2.75, 3.05) is 0 Å². The molecule has 4 nitrogen and oxygen atoms in total. The van der Waals surface area contributed by atoms with Gasteiger partial charge in [0.2, 0.25) is 0 Å². The number of pyridine rings is 1. The Balaban J connectivity index is 2.39. The summed E-state index contributed by atoms with van der Waals surface area (Å²) >= 11 is 9.90. The first-order valence-electron chi connectivity index (χ1n) is 5.48. The molecule has 0 N–H and O–H groups in total. The van der Waals surface area contributed by atoms with E-state index in [2.05, 4.69) is 76.6 Å². The highest BCUT2D eigenvalue weighted by atomic mass is 79.9. The summed E-state index contributed by atoms with van der Waals surface area (Å²) in [6.07, 6.45) is 3.41. The van der Waals surface area contributed by atoms with Crippen molar-refractivity contribution in [2.24, 2.45) is 0 Å². The van der Waals surface area contributed by atoms with E-state index < -0.39 is 0 Å². The highest BCUT2D eigenvalue weighted by molar-refractivity contribution is 9.11. The van der Waals surface area contributed by atoms with Crippen molar-refractivity contribution in [3.8, 4) is 11.5 Å². The van der Waals surface area contributed by atoms with Gasteiger partial charge in [-0.25, -0.2) is 15.0 Å². The van der Waals surface area contributed by atoms with Crippen molar-refractivity contribution in [3.05, 3.63) is 38.0 Å². The fourth-order valence-electron chi connectivity index (χ4n) is 1.46. The SMILES string of the molecule is CC(C)c1cnc(Br)cc1Oc1cnc(Br)nc1Br. The second-order valence-corrected chi connectivity index (χ2v) is 6.37. The Morgan fingerprint density at radius 3 is 2.42 bits per heavy atom. The van der Waals surface area contributed by atoms with E-state index in [0.717, 1.165) is 15.9 Å². The lowest BCUT2D eigenvalue weighted by Crippen LogP contribution is -1.97. The summed E-state index contributed by atoms with van der Waals surface area (Å²) in [7, 11) is 0. The lowest BCUT2D eigenvalue weighted by atomic mass is 10.1. The molecule has 0 aliphatic rings. The van der Waals surface area contributed by atoms with Crippen molar-refractivity contribution in [1.82, 2.24) is 15.0 Å². The molecule has 0 aromatic carbocycles. The number of halogens is 3. The van der Waals surface area contributed by atoms with Crippen LogP contribution in [0.15, 0.2) is 32.4 Å². The Labute approximate surface area is 136 Å². The van der Waals surface area contributed by atoms with E-state index in [1.165, 1.54) is 0 Å². The molecular formula is C12H10Br3N3O. The largest absolute Gasteiger partial charge is 0.452 e. The molecule has 0 fully saturated rings. The molecule has 0 radical (unpaired) electrons. The molecule has 0 amide bonds. The summed E-state index contributed by atoms with van der Waals surface area (Å²) in [6, 6.07) is 1.84. The van der Waals surface area contributed by atoms with Crippen molar-refractivity contribution >= 4 is 47.8 Å². The van der Waals surface area contributed by atoms with Gasteiger partial charge in [-0.3, -0.25) is 0 Å². The highest BCUT2D eigenvalue weighted by Gasteiger charge is 2.13. The van der Waals surface area contributed by atoms with Gasteiger partial charge in [0.1, 0.15) is 10.4 Å². The Kier molecular flexibility index (Phi) is 4.92. The molecule has 100 valence electrons. The molecule has 0 unspecified atom stereocenters. The lowest BCUT2D eigenvalue weighted by molar-refractivity contribution is 0.462. The van der Waals surface area contributed by atoms with Gasteiger partial charge in [0.05, 0.1) is 6.20 Å². The Morgan fingerprint density at radius 1 is 1.05 bits per heavy atom. The molecule has 2 aromatic rings. The zero-order valence-electron chi connectivity index (χ0n) is 10.2. The van der Waals surface area contributed by atoms with Crippen LogP contribution < -0.4 is 4.74 Å². The molecule has 0 spiro atoms. The summed E-state index contributed by atoms with van der Waals surface area (Å²) in [5, 5.41) is 0. The lowest BCUT2D eigenvalue weighted by Gasteiger charge is -2.14. The predicted molar refractivity (Wildman–Crippen MR) is 83.5 cm³/mol. The van der Waals surface area contributed by atoms with Gasteiger partial charge in [0.25, 0.3) is 0 Å². The molecule has 2 rings (SSSR count). The van der Waals surface area contributed by atoms with Gasteiger partial charge in [-0.15, -0.1) is 0 Å². The molecule has 0 saturated carbocycles. The van der Waals surface area contributed by atoms with Crippen molar-refractivity contribution < 1.29 is 4.74 Å². The third-order valence-electron chi connectivity index (χ3n) is 2.39. The fourth-order valence-corrected chi connectivity index (χ4v) is 2.64. The van der Waals surface area contributed by atoms with Crippen LogP contribution in [0.3, 0.4) is 0 Å². The molecule has 2 aromatic heterocycles. The van der Waals surface area contributed by atoms with Gasteiger partial charge < -0.3 is 4.74 Å². The predicted octanol–water partition coefficient (Wildman–Crippen LogP) is 5.07. The van der Waals surface area contributed by atoms with Gasteiger partial charge >= 0.3 is 0 Å². The zero-order chi connectivity index (χ0) is 14.0. The molecule has 0 aliphatic carbocycles. The van der Waals surface area contributed by atoms with Crippen LogP contribution in [0, 0.1) is 0 Å². The second kappa shape index (κ2) is 6.28. The topological polar surface area (TPSA) is 47.9 Å². The maximum atomic E-state index is 5.87. The van der Waals surface area contributed by atoms with Crippen LogP contribution in [0.5, 0.6) is 11.5 Å². The van der Waals surface area contributed by atoms with Crippen LogP contribution >= 0.6 is 47.8 Å². The van der Waals surface area contributed by atoms with Gasteiger partial charge in [0.15, 0.2) is 15.1 Å². The quantitative estimate of drug-likeness (QED) is 0.371. The molecule has 0 saturated heterocycles. The average Bonchev–Trinajstić information content (AvgIpc) is 2.32. The normalized spacial score (nSPS) is 10.8. The van der Waals surface area contributed by atoms with E-state index in [9.17, 15) is 0 Å². The van der Waals surface area contributed by atoms with E-state index in [0.29, 0.717) is 21.0 Å². The van der Waals surface area contributed by atoms with E-state index in [-0.39, 0.29) is 0 Å². The molecule has 7 heteroatoms. The van der Waals surface area contributed by atoms with Crippen LogP contribution in [0.1, 0.15) is 25.3 Å². The summed E-state index contributed by atoms with van der Waals surface area (Å²) in [4.78, 5) is 12.4. The molecule has 0 atom stereocenters. The Bertz CT molecular complexity index is 605. The molecular weight excluding hydrogens is 442 g/mol. The fraction of sp³-hybridized carbons (Fsp3) is 0.250. The van der Waals surface area contributed by atoms with E-state index in [1.54, 1.807) is 12.4 Å². The molecule has 19 heavy (non-hydrogen) atoms. The summed E-state index contributed by atoms with van der Waals surface area (Å²) in [5.41, 5.74) is 1.03. The maximum absolute atomic E-state index is 5.87. The number of hydrogen-bond donors (Lipinski definition) is 0. The minimum Gasteiger partial charge on any atom is -0.452 e.